The Bertz CT molecular complexity index is 2140. The summed E-state index contributed by atoms with van der Waals surface area (Å²) in [5.41, 5.74) is 0.494. The minimum Gasteiger partial charge on any atom is -0.497 e. The van der Waals surface area contributed by atoms with E-state index >= 15 is 8.78 Å². The molecule has 0 bridgehead atoms. The van der Waals surface area contributed by atoms with Gasteiger partial charge in [0.1, 0.15) is 23.8 Å². The fourth-order valence-electron chi connectivity index (χ4n) is 12.0. The zero-order valence-electron chi connectivity index (χ0n) is 37.4. The number of benzene rings is 2. The normalized spacial score (nSPS) is 22.1. The standard InChI is InChI=1S/C51H68Cl2F2N4O4/c1-62-36-11-13-44-38(29-36)46(40(52)31-56-44)42(54)15-18-50(20-25-58(26-21-50)24-17-34-7-3-4-8-34)48(60)49(61)51(22-27-59(28-23-51)33-35-9-5-6-10-35)19-16-43(55)47-39-30-37(63-2)12-14-45(39)57-32-41(47)53/h11-14,29-32,34-35,42-43,48-49,60-61H,3-10,15-28,33H2,1-2H3/t42-,43-,48?,49?/m0/s1. The van der Waals surface area contributed by atoms with Crippen LogP contribution in [0.4, 0.5) is 8.78 Å². The number of fused-ring (bicyclic) bond motifs is 2. The van der Waals surface area contributed by atoms with Gasteiger partial charge in [0.05, 0.1) is 47.5 Å². The molecule has 2 N–H and O–H groups in total. The van der Waals surface area contributed by atoms with Crippen molar-refractivity contribution >= 4 is 45.0 Å². The molecule has 2 aliphatic carbocycles. The SMILES string of the molecule is COc1ccc2ncc(Cl)c([C@@H](F)CCC3(C(O)C(O)C4(CC[C@H](F)c5c(Cl)cnc6ccc(OC)cc56)CCN(CC5CCCC5)CC4)CCN(CCC4CCCC4)CC3)c2c1. The first-order chi connectivity index (χ1) is 30.5. The van der Waals surface area contributed by atoms with E-state index in [0.717, 1.165) is 45.2 Å². The van der Waals surface area contributed by atoms with Crippen molar-refractivity contribution < 1.29 is 28.5 Å². The average Bonchev–Trinajstić information content (AvgIpc) is 4.04. The number of alkyl halides is 2. The maximum atomic E-state index is 16.9. The highest BCUT2D eigenvalue weighted by atomic mass is 35.5. The van der Waals surface area contributed by atoms with Gasteiger partial charge in [0.15, 0.2) is 0 Å². The van der Waals surface area contributed by atoms with Gasteiger partial charge >= 0.3 is 0 Å². The Kier molecular flexibility index (Phi) is 15.4. The molecule has 2 saturated heterocycles. The van der Waals surface area contributed by atoms with Crippen LogP contribution in [0.15, 0.2) is 48.8 Å². The molecule has 344 valence electrons. The zero-order chi connectivity index (χ0) is 44.1. The number of pyridine rings is 2. The Hall–Kier alpha value is -2.86. The van der Waals surface area contributed by atoms with Gasteiger partial charge in [-0.3, -0.25) is 9.97 Å². The van der Waals surface area contributed by atoms with Crippen molar-refractivity contribution in [1.29, 1.82) is 0 Å². The van der Waals surface area contributed by atoms with Crippen molar-refractivity contribution in [3.8, 4) is 11.5 Å². The molecule has 2 aromatic heterocycles. The largest absolute Gasteiger partial charge is 0.497 e. The number of methoxy groups -OCH3 is 2. The first kappa shape index (κ1) is 46.7. The molecule has 2 aliphatic heterocycles. The molecular formula is C51H68Cl2F2N4O4. The number of likely N-dealkylation sites (tertiary alicyclic amines) is 2. The van der Waals surface area contributed by atoms with Crippen LogP contribution >= 0.6 is 23.2 Å². The monoisotopic (exact) mass is 908 g/mol. The second-order valence-electron chi connectivity index (χ2n) is 19.7. The summed E-state index contributed by atoms with van der Waals surface area (Å²) in [5.74, 6) is 2.64. The lowest BCUT2D eigenvalue weighted by atomic mass is 9.61. The van der Waals surface area contributed by atoms with Crippen molar-refractivity contribution in [1.82, 2.24) is 19.8 Å². The molecule has 0 amide bonds. The van der Waals surface area contributed by atoms with Gasteiger partial charge in [0, 0.05) is 51.7 Å². The predicted octanol–water partition coefficient (Wildman–Crippen LogP) is 12.0. The first-order valence-corrected chi connectivity index (χ1v) is 24.6. The van der Waals surface area contributed by atoms with E-state index in [1.807, 2.05) is 12.1 Å². The fourth-order valence-corrected chi connectivity index (χ4v) is 12.6. The molecular weight excluding hydrogens is 841 g/mol. The third-order valence-corrected chi connectivity index (χ3v) is 16.7. The number of aliphatic hydroxyl groups excluding tert-OH is 2. The van der Waals surface area contributed by atoms with Crippen molar-refractivity contribution in [3.63, 3.8) is 0 Å². The van der Waals surface area contributed by atoms with Crippen LogP contribution in [0, 0.1) is 22.7 Å². The Labute approximate surface area is 383 Å². The van der Waals surface area contributed by atoms with Crippen LogP contribution in [0.5, 0.6) is 11.5 Å². The third kappa shape index (κ3) is 10.4. The predicted molar refractivity (Wildman–Crippen MR) is 250 cm³/mol. The molecule has 8 nitrogen and oxygen atoms in total. The minimum absolute atomic E-state index is 0.119. The van der Waals surface area contributed by atoms with Crippen molar-refractivity contribution in [2.24, 2.45) is 22.7 Å². The highest BCUT2D eigenvalue weighted by Gasteiger charge is 2.52. The molecule has 63 heavy (non-hydrogen) atoms. The summed E-state index contributed by atoms with van der Waals surface area (Å²) in [6, 6.07) is 10.8. The van der Waals surface area contributed by atoms with Gasteiger partial charge in [-0.05, 0) is 152 Å². The van der Waals surface area contributed by atoms with Gasteiger partial charge in [0.25, 0.3) is 0 Å². The van der Waals surface area contributed by atoms with Gasteiger partial charge in [-0.1, -0.05) is 61.7 Å². The van der Waals surface area contributed by atoms with Gasteiger partial charge in [-0.2, -0.15) is 0 Å². The van der Waals surface area contributed by atoms with Crippen LogP contribution in [0.25, 0.3) is 21.8 Å². The summed E-state index contributed by atoms with van der Waals surface area (Å²) in [5, 5.41) is 27.5. The van der Waals surface area contributed by atoms with Gasteiger partial charge < -0.3 is 29.5 Å². The lowest BCUT2D eigenvalue weighted by Gasteiger charge is -2.52. The van der Waals surface area contributed by atoms with E-state index in [0.29, 0.717) is 88.9 Å². The maximum Gasteiger partial charge on any atom is 0.127 e. The van der Waals surface area contributed by atoms with E-state index in [9.17, 15) is 10.2 Å². The smallest absolute Gasteiger partial charge is 0.127 e. The van der Waals surface area contributed by atoms with Crippen LogP contribution in [0.2, 0.25) is 10.0 Å². The summed E-state index contributed by atoms with van der Waals surface area (Å²) in [7, 11) is 3.16. The molecule has 4 atom stereocenters. The number of nitrogens with zero attached hydrogens (tertiary/aromatic N) is 4. The Morgan fingerprint density at radius 3 is 1.54 bits per heavy atom. The lowest BCUT2D eigenvalue weighted by molar-refractivity contribution is -0.155. The van der Waals surface area contributed by atoms with E-state index in [-0.39, 0.29) is 22.9 Å². The van der Waals surface area contributed by atoms with E-state index < -0.39 is 35.4 Å². The molecule has 0 spiro atoms. The quantitative estimate of drug-likeness (QED) is 0.102. The van der Waals surface area contributed by atoms with Crippen molar-refractivity contribution in [2.45, 2.75) is 134 Å². The number of rotatable bonds is 18. The fraction of sp³-hybridized carbons (Fsp3) is 0.647. The zero-order valence-corrected chi connectivity index (χ0v) is 38.9. The van der Waals surface area contributed by atoms with Crippen molar-refractivity contribution in [3.05, 3.63) is 70.0 Å². The molecule has 4 heterocycles. The Balaban J connectivity index is 1.07. The Morgan fingerprint density at radius 2 is 1.10 bits per heavy atom. The number of piperidine rings is 2. The second-order valence-corrected chi connectivity index (χ2v) is 20.5. The van der Waals surface area contributed by atoms with E-state index in [1.165, 1.54) is 70.2 Å². The minimum atomic E-state index is -1.43. The van der Waals surface area contributed by atoms with Gasteiger partial charge in [-0.25, -0.2) is 8.78 Å². The number of aliphatic hydroxyl groups is 2. The first-order valence-electron chi connectivity index (χ1n) is 23.8. The molecule has 12 heteroatoms. The molecule has 2 saturated carbocycles. The van der Waals surface area contributed by atoms with Crippen LogP contribution < -0.4 is 9.47 Å². The summed E-state index contributed by atoms with van der Waals surface area (Å²) in [6.07, 6.45) is 12.9. The highest BCUT2D eigenvalue weighted by Crippen LogP contribution is 2.51. The molecule has 4 aliphatic rings. The number of halogens is 4. The molecule has 4 fully saturated rings. The van der Waals surface area contributed by atoms with Crippen LogP contribution in [0.1, 0.15) is 133 Å². The molecule has 2 aromatic carbocycles. The molecule has 4 aromatic rings. The number of hydrogen-bond donors (Lipinski definition) is 2. The number of ether oxygens (including phenoxy) is 2. The van der Waals surface area contributed by atoms with E-state index in [2.05, 4.69) is 19.8 Å². The summed E-state index contributed by atoms with van der Waals surface area (Å²) in [4.78, 5) is 13.9. The molecule has 0 radical (unpaired) electrons. The number of hydrogen-bond acceptors (Lipinski definition) is 8. The van der Waals surface area contributed by atoms with Crippen LogP contribution in [0.3, 0.4) is 0 Å². The molecule has 8 rings (SSSR count). The van der Waals surface area contributed by atoms with Crippen LogP contribution in [-0.4, -0.2) is 95.7 Å². The average molecular weight is 910 g/mol. The summed E-state index contributed by atoms with van der Waals surface area (Å²) >= 11 is 13.4. The van der Waals surface area contributed by atoms with Crippen LogP contribution in [-0.2, 0) is 0 Å². The summed E-state index contributed by atoms with van der Waals surface area (Å²) in [6.45, 7) is 5.16. The topological polar surface area (TPSA) is 91.2 Å². The lowest BCUT2D eigenvalue weighted by Crippen LogP contribution is -2.57. The van der Waals surface area contributed by atoms with Gasteiger partial charge in [0.2, 0.25) is 0 Å². The van der Waals surface area contributed by atoms with E-state index in [4.69, 9.17) is 32.7 Å². The molecule has 2 unspecified atom stereocenters. The Morgan fingerprint density at radius 1 is 0.667 bits per heavy atom. The summed E-state index contributed by atoms with van der Waals surface area (Å²) < 4.78 is 44.9. The van der Waals surface area contributed by atoms with Gasteiger partial charge in [-0.15, -0.1) is 0 Å². The van der Waals surface area contributed by atoms with E-state index in [1.54, 1.807) is 38.5 Å². The highest BCUT2D eigenvalue weighted by molar-refractivity contribution is 6.32. The van der Waals surface area contributed by atoms with Crippen molar-refractivity contribution in [2.75, 3.05) is 53.5 Å². The number of aromatic nitrogens is 2. The third-order valence-electron chi connectivity index (χ3n) is 16.1. The second kappa shape index (κ2) is 20.8. The maximum absolute atomic E-state index is 16.9.